The number of hydrogen-bond acceptors (Lipinski definition) is 4. The van der Waals surface area contributed by atoms with Crippen LogP contribution in [0.1, 0.15) is 32.6 Å². The summed E-state index contributed by atoms with van der Waals surface area (Å²) in [5.41, 5.74) is 5.55. The van der Waals surface area contributed by atoms with Gasteiger partial charge in [0, 0.05) is 44.3 Å². The molecule has 0 bridgehead atoms. The smallest absolute Gasteiger partial charge is 0.0621 e. The van der Waals surface area contributed by atoms with E-state index in [1.54, 1.807) is 0 Å². The fourth-order valence-corrected chi connectivity index (χ4v) is 3.12. The standard InChI is InChI=1S/C13H27N3O/c1-13(14,11-17)10-15-6-8-16(9-7-15)12-4-2-3-5-12/h12,17H,2-11,14H2,1H3. The summed E-state index contributed by atoms with van der Waals surface area (Å²) in [6.07, 6.45) is 5.61. The lowest BCUT2D eigenvalue weighted by atomic mass is 10.0. The van der Waals surface area contributed by atoms with Crippen molar-refractivity contribution in [1.82, 2.24) is 9.80 Å². The number of rotatable bonds is 4. The first-order valence-corrected chi connectivity index (χ1v) is 6.97. The summed E-state index contributed by atoms with van der Waals surface area (Å²) in [7, 11) is 0. The molecule has 1 aliphatic heterocycles. The van der Waals surface area contributed by atoms with E-state index in [2.05, 4.69) is 9.80 Å². The molecule has 2 aliphatic rings. The van der Waals surface area contributed by atoms with Crippen LogP contribution < -0.4 is 5.73 Å². The van der Waals surface area contributed by atoms with Gasteiger partial charge in [0.1, 0.15) is 0 Å². The molecule has 3 N–H and O–H groups in total. The van der Waals surface area contributed by atoms with Gasteiger partial charge in [-0.2, -0.15) is 0 Å². The van der Waals surface area contributed by atoms with Gasteiger partial charge in [0.2, 0.25) is 0 Å². The monoisotopic (exact) mass is 241 g/mol. The van der Waals surface area contributed by atoms with E-state index >= 15 is 0 Å². The molecule has 1 heterocycles. The van der Waals surface area contributed by atoms with E-state index in [0.717, 1.165) is 25.7 Å². The molecule has 100 valence electrons. The summed E-state index contributed by atoms with van der Waals surface area (Å²) in [5, 5.41) is 9.19. The van der Waals surface area contributed by atoms with Crippen molar-refractivity contribution >= 4 is 0 Å². The SMILES string of the molecule is CC(N)(CO)CN1CCN(C2CCCC2)CC1. The first-order valence-electron chi connectivity index (χ1n) is 6.97. The van der Waals surface area contributed by atoms with E-state index in [4.69, 9.17) is 5.73 Å². The van der Waals surface area contributed by atoms with Gasteiger partial charge in [-0.05, 0) is 19.8 Å². The molecule has 2 rings (SSSR count). The summed E-state index contributed by atoms with van der Waals surface area (Å²) >= 11 is 0. The first-order chi connectivity index (χ1) is 8.11. The highest BCUT2D eigenvalue weighted by Gasteiger charge is 2.28. The fraction of sp³-hybridized carbons (Fsp3) is 1.00. The van der Waals surface area contributed by atoms with Crippen LogP contribution >= 0.6 is 0 Å². The Bertz CT molecular complexity index is 231. The predicted octanol–water partition coefficient (Wildman–Crippen LogP) is 0.256. The molecule has 0 amide bonds. The summed E-state index contributed by atoms with van der Waals surface area (Å²) in [4.78, 5) is 5.04. The average Bonchev–Trinajstić information content (AvgIpc) is 2.83. The number of aliphatic hydroxyl groups excluding tert-OH is 1. The minimum absolute atomic E-state index is 0.0653. The second kappa shape index (κ2) is 5.65. The Morgan fingerprint density at radius 3 is 2.29 bits per heavy atom. The number of aliphatic hydroxyl groups is 1. The highest BCUT2D eigenvalue weighted by atomic mass is 16.3. The Labute approximate surface area is 105 Å². The minimum atomic E-state index is -0.449. The van der Waals surface area contributed by atoms with Crippen molar-refractivity contribution in [3.63, 3.8) is 0 Å². The van der Waals surface area contributed by atoms with Gasteiger partial charge >= 0.3 is 0 Å². The van der Waals surface area contributed by atoms with Crippen LogP contribution in [0.5, 0.6) is 0 Å². The Kier molecular flexibility index (Phi) is 4.42. The largest absolute Gasteiger partial charge is 0.394 e. The van der Waals surface area contributed by atoms with E-state index < -0.39 is 5.54 Å². The third kappa shape index (κ3) is 3.65. The highest BCUT2D eigenvalue weighted by Crippen LogP contribution is 2.24. The maximum absolute atomic E-state index is 9.19. The van der Waals surface area contributed by atoms with Crippen LogP contribution in [0, 0.1) is 0 Å². The molecule has 1 aliphatic carbocycles. The van der Waals surface area contributed by atoms with E-state index in [1.165, 1.54) is 38.8 Å². The third-order valence-corrected chi connectivity index (χ3v) is 4.19. The van der Waals surface area contributed by atoms with Crippen LogP contribution in [-0.2, 0) is 0 Å². The van der Waals surface area contributed by atoms with Crippen molar-refractivity contribution in [1.29, 1.82) is 0 Å². The molecule has 4 heteroatoms. The number of hydrogen-bond donors (Lipinski definition) is 2. The molecule has 0 aromatic rings. The molecule has 17 heavy (non-hydrogen) atoms. The molecule has 0 aromatic heterocycles. The Morgan fingerprint density at radius 2 is 1.76 bits per heavy atom. The second-order valence-electron chi connectivity index (χ2n) is 6.06. The second-order valence-corrected chi connectivity index (χ2v) is 6.06. The molecule has 2 fully saturated rings. The van der Waals surface area contributed by atoms with Gasteiger partial charge in [-0.3, -0.25) is 9.80 Å². The molecular formula is C13H27N3O. The van der Waals surface area contributed by atoms with Crippen molar-refractivity contribution < 1.29 is 5.11 Å². The fourth-order valence-electron chi connectivity index (χ4n) is 3.12. The van der Waals surface area contributed by atoms with Gasteiger partial charge < -0.3 is 10.8 Å². The zero-order valence-electron chi connectivity index (χ0n) is 11.1. The maximum atomic E-state index is 9.19. The molecule has 4 nitrogen and oxygen atoms in total. The van der Waals surface area contributed by atoms with Crippen LogP contribution in [0.15, 0.2) is 0 Å². The zero-order valence-corrected chi connectivity index (χ0v) is 11.1. The van der Waals surface area contributed by atoms with Gasteiger partial charge in [0.15, 0.2) is 0 Å². The quantitative estimate of drug-likeness (QED) is 0.741. The topological polar surface area (TPSA) is 52.7 Å². The lowest BCUT2D eigenvalue weighted by Gasteiger charge is -2.40. The van der Waals surface area contributed by atoms with Gasteiger partial charge in [-0.1, -0.05) is 12.8 Å². The molecule has 0 radical (unpaired) electrons. The molecule has 1 atom stereocenters. The van der Waals surface area contributed by atoms with Crippen molar-refractivity contribution in [2.24, 2.45) is 5.73 Å². The Hall–Kier alpha value is -0.160. The van der Waals surface area contributed by atoms with Crippen molar-refractivity contribution in [2.75, 3.05) is 39.3 Å². The molecule has 1 unspecified atom stereocenters. The molecule has 0 spiro atoms. The van der Waals surface area contributed by atoms with Gasteiger partial charge in [-0.25, -0.2) is 0 Å². The molecule has 1 saturated heterocycles. The van der Waals surface area contributed by atoms with Crippen LogP contribution in [0.4, 0.5) is 0 Å². The summed E-state index contributed by atoms with van der Waals surface area (Å²) in [6.45, 7) is 7.35. The number of piperazine rings is 1. The van der Waals surface area contributed by atoms with E-state index in [9.17, 15) is 5.11 Å². The molecular weight excluding hydrogens is 214 g/mol. The van der Waals surface area contributed by atoms with Crippen molar-refractivity contribution in [3.05, 3.63) is 0 Å². The lowest BCUT2D eigenvalue weighted by Crippen LogP contribution is -2.56. The van der Waals surface area contributed by atoms with Gasteiger partial charge in [-0.15, -0.1) is 0 Å². The van der Waals surface area contributed by atoms with Crippen LogP contribution in [0.3, 0.4) is 0 Å². The van der Waals surface area contributed by atoms with Crippen molar-refractivity contribution in [2.45, 2.75) is 44.2 Å². The average molecular weight is 241 g/mol. The summed E-state index contributed by atoms with van der Waals surface area (Å²) in [6, 6.07) is 0.847. The van der Waals surface area contributed by atoms with Crippen LogP contribution in [-0.4, -0.2) is 65.8 Å². The van der Waals surface area contributed by atoms with Gasteiger partial charge in [0.05, 0.1) is 6.61 Å². The zero-order chi connectivity index (χ0) is 12.3. The Balaban J connectivity index is 1.74. The molecule has 1 saturated carbocycles. The maximum Gasteiger partial charge on any atom is 0.0621 e. The Morgan fingerprint density at radius 1 is 1.18 bits per heavy atom. The van der Waals surface area contributed by atoms with Crippen molar-refractivity contribution in [3.8, 4) is 0 Å². The van der Waals surface area contributed by atoms with E-state index in [1.807, 2.05) is 6.92 Å². The summed E-state index contributed by atoms with van der Waals surface area (Å²) in [5.74, 6) is 0. The molecule has 0 aromatic carbocycles. The number of nitrogens with two attached hydrogens (primary N) is 1. The van der Waals surface area contributed by atoms with Crippen LogP contribution in [0.2, 0.25) is 0 Å². The normalized spacial score (nSPS) is 28.4. The van der Waals surface area contributed by atoms with E-state index in [0.29, 0.717) is 0 Å². The van der Waals surface area contributed by atoms with E-state index in [-0.39, 0.29) is 6.61 Å². The number of nitrogens with zero attached hydrogens (tertiary/aromatic N) is 2. The highest BCUT2D eigenvalue weighted by molar-refractivity contribution is 4.86. The predicted molar refractivity (Wildman–Crippen MR) is 69.9 cm³/mol. The lowest BCUT2D eigenvalue weighted by molar-refractivity contribution is 0.0725. The minimum Gasteiger partial charge on any atom is -0.394 e. The first kappa shape index (κ1) is 13.3. The summed E-state index contributed by atoms with van der Waals surface area (Å²) < 4.78 is 0. The van der Waals surface area contributed by atoms with Crippen LogP contribution in [0.25, 0.3) is 0 Å². The third-order valence-electron chi connectivity index (χ3n) is 4.19. The van der Waals surface area contributed by atoms with Gasteiger partial charge in [0.25, 0.3) is 0 Å².